The zero-order valence-corrected chi connectivity index (χ0v) is 32.1. The summed E-state index contributed by atoms with van der Waals surface area (Å²) in [5, 5.41) is 155. The molecule has 14 N–H and O–H groups in total. The molecule has 0 amide bonds. The number of rotatable bonds is 4. The molecule has 63 heavy (non-hydrogen) atoms. The van der Waals surface area contributed by atoms with Gasteiger partial charge >= 0.3 is 5.79 Å². The lowest BCUT2D eigenvalue weighted by atomic mass is 9.71. The highest BCUT2D eigenvalue weighted by molar-refractivity contribution is 5.72. The van der Waals surface area contributed by atoms with E-state index >= 15 is 0 Å². The molecular formula is C45H36O18. The van der Waals surface area contributed by atoms with Gasteiger partial charge in [0.1, 0.15) is 70.1 Å². The Kier molecular flexibility index (Phi) is 8.49. The van der Waals surface area contributed by atoms with Gasteiger partial charge in [-0.1, -0.05) is 12.1 Å². The molecule has 18 heteroatoms. The van der Waals surface area contributed by atoms with Crippen LogP contribution in [0.25, 0.3) is 0 Å². The van der Waals surface area contributed by atoms with Crippen LogP contribution in [0.15, 0.2) is 78.9 Å². The van der Waals surface area contributed by atoms with Crippen molar-refractivity contribution in [3.63, 3.8) is 0 Å². The van der Waals surface area contributed by atoms with Crippen molar-refractivity contribution in [3.05, 3.63) is 123 Å². The van der Waals surface area contributed by atoms with Crippen LogP contribution < -0.4 is 18.9 Å². The maximum atomic E-state index is 12.5. The van der Waals surface area contributed by atoms with Crippen molar-refractivity contribution in [2.24, 2.45) is 0 Å². The number of aromatic hydroxyl groups is 11. The number of phenolic OH excluding ortho intramolecular Hbond substituents is 11. The largest absolute Gasteiger partial charge is 0.508 e. The first-order valence-electron chi connectivity index (χ1n) is 19.3. The Balaban J connectivity index is 1.25. The molecule has 0 spiro atoms. The van der Waals surface area contributed by atoms with Gasteiger partial charge < -0.3 is 90.4 Å². The minimum atomic E-state index is -2.31. The minimum Gasteiger partial charge on any atom is -0.508 e. The molecule has 6 aromatic carbocycles. The van der Waals surface area contributed by atoms with Gasteiger partial charge in [0.2, 0.25) is 0 Å². The van der Waals surface area contributed by atoms with Crippen LogP contribution in [0.1, 0.15) is 68.6 Å². The van der Waals surface area contributed by atoms with Crippen LogP contribution in [0.4, 0.5) is 0 Å². The molecule has 18 nitrogen and oxygen atoms in total. The Morgan fingerprint density at radius 1 is 0.444 bits per heavy atom. The van der Waals surface area contributed by atoms with E-state index in [9.17, 15) is 71.5 Å². The topological polar surface area (TPSA) is 320 Å². The molecule has 324 valence electrons. The first kappa shape index (κ1) is 39.3. The summed E-state index contributed by atoms with van der Waals surface area (Å²) in [5.74, 6) is -12.6. The summed E-state index contributed by atoms with van der Waals surface area (Å²) in [7, 11) is 0. The van der Waals surface area contributed by atoms with Crippen LogP contribution in [0.5, 0.6) is 86.2 Å². The standard InChI is InChI=1S/C45H36O18/c46-18-10-27(54)33-31(11-18)62-45(17-3-6-22(49)26(53)9-17)44(59)38(33)36-32(63-45)14-29(56)35-37(39(58)41(61-43(35)36)16-2-5-21(48)25(52)8-16)34-28(55)13-23(50)19-12-30(57)40(60-42(19)34)15-1-4-20(47)24(51)7-15/h1-11,13-14,30,37-41,44,46-59H,12H2/t30-,37-,38+,39+,40+,41+,44+,45-/m0/s1. The van der Waals surface area contributed by atoms with Crippen LogP contribution in [-0.4, -0.2) is 89.8 Å². The van der Waals surface area contributed by atoms with Crippen LogP contribution in [0.2, 0.25) is 0 Å². The van der Waals surface area contributed by atoms with Gasteiger partial charge in [0, 0.05) is 64.1 Å². The lowest BCUT2D eigenvalue weighted by molar-refractivity contribution is -0.219. The summed E-state index contributed by atoms with van der Waals surface area (Å²) in [6.45, 7) is 0. The Hall–Kier alpha value is -7.80. The van der Waals surface area contributed by atoms with E-state index in [1.165, 1.54) is 18.2 Å². The van der Waals surface area contributed by atoms with Gasteiger partial charge in [-0.3, -0.25) is 0 Å². The molecule has 0 saturated heterocycles. The first-order chi connectivity index (χ1) is 30.0. The van der Waals surface area contributed by atoms with E-state index < -0.39 is 111 Å². The van der Waals surface area contributed by atoms with E-state index in [0.29, 0.717) is 0 Å². The molecule has 0 saturated carbocycles. The Morgan fingerprint density at radius 2 is 0.984 bits per heavy atom. The van der Waals surface area contributed by atoms with E-state index in [1.54, 1.807) is 0 Å². The highest BCUT2D eigenvalue weighted by Crippen LogP contribution is 2.65. The molecule has 0 aromatic heterocycles. The zero-order chi connectivity index (χ0) is 44.5. The number of aliphatic hydroxyl groups is 3. The van der Waals surface area contributed by atoms with Crippen molar-refractivity contribution in [3.8, 4) is 86.2 Å². The minimum absolute atomic E-state index is 0.0325. The third kappa shape index (κ3) is 5.68. The first-order valence-corrected chi connectivity index (χ1v) is 19.3. The van der Waals surface area contributed by atoms with Gasteiger partial charge in [0.15, 0.2) is 40.6 Å². The van der Waals surface area contributed by atoms with E-state index in [-0.39, 0.29) is 73.9 Å². The van der Waals surface area contributed by atoms with Gasteiger partial charge in [-0.2, -0.15) is 0 Å². The maximum Gasteiger partial charge on any atom is 0.305 e. The molecule has 4 aliphatic heterocycles. The molecule has 0 unspecified atom stereocenters. The van der Waals surface area contributed by atoms with Crippen LogP contribution in [-0.2, 0) is 12.2 Å². The summed E-state index contributed by atoms with van der Waals surface area (Å²) < 4.78 is 25.6. The molecule has 10 rings (SSSR count). The fourth-order valence-corrected chi connectivity index (χ4v) is 9.32. The second-order valence-corrected chi connectivity index (χ2v) is 15.9. The second-order valence-electron chi connectivity index (χ2n) is 15.9. The van der Waals surface area contributed by atoms with Gasteiger partial charge in [-0.05, 0) is 53.6 Å². The predicted octanol–water partition coefficient (Wildman–Crippen LogP) is 4.24. The third-order valence-electron chi connectivity index (χ3n) is 12.2. The SMILES string of the molecule is Oc1cc(O)c2c(c1)O[C@@]1(c3ccc(O)c(O)c3)Oc3cc(O)c4c(c3[C@@H]2[C@H]1O)O[C@H](c1ccc(O)c(O)c1)[C@H](O)[C@H]4c1c(O)cc(O)c2c1O[C@H](c1ccc(O)c(O)c1)[C@@H](O)C2. The fourth-order valence-electron chi connectivity index (χ4n) is 9.32. The lowest BCUT2D eigenvalue weighted by Gasteiger charge is -2.51. The molecule has 0 radical (unpaired) electrons. The fraction of sp³-hybridized carbons (Fsp3) is 0.200. The van der Waals surface area contributed by atoms with E-state index in [1.807, 2.05) is 0 Å². The molecule has 4 aliphatic rings. The number of aliphatic hydroxyl groups excluding tert-OH is 3. The Bertz CT molecular complexity index is 2910. The number of fused-ring (bicyclic) bond motifs is 9. The summed E-state index contributed by atoms with van der Waals surface area (Å²) in [4.78, 5) is 0. The molecule has 8 atom stereocenters. The second kappa shape index (κ2) is 13.6. The highest BCUT2D eigenvalue weighted by atomic mass is 16.7. The summed E-state index contributed by atoms with van der Waals surface area (Å²) in [6, 6.07) is 14.8. The van der Waals surface area contributed by atoms with Gasteiger partial charge in [-0.15, -0.1) is 0 Å². The maximum absolute atomic E-state index is 12.5. The van der Waals surface area contributed by atoms with E-state index in [2.05, 4.69) is 0 Å². The number of phenols is 11. The quantitative estimate of drug-likeness (QED) is 0.110. The van der Waals surface area contributed by atoms with Crippen molar-refractivity contribution in [1.82, 2.24) is 0 Å². The predicted molar refractivity (Wildman–Crippen MR) is 212 cm³/mol. The van der Waals surface area contributed by atoms with Crippen molar-refractivity contribution >= 4 is 0 Å². The molecule has 0 aliphatic carbocycles. The van der Waals surface area contributed by atoms with Crippen LogP contribution in [0.3, 0.4) is 0 Å². The molecule has 2 bridgehead atoms. The van der Waals surface area contributed by atoms with Crippen LogP contribution in [0, 0.1) is 0 Å². The number of hydrogen-bond acceptors (Lipinski definition) is 18. The van der Waals surface area contributed by atoms with Crippen molar-refractivity contribution in [2.75, 3.05) is 0 Å². The Morgan fingerprint density at radius 3 is 1.62 bits per heavy atom. The smallest absolute Gasteiger partial charge is 0.305 e. The van der Waals surface area contributed by atoms with Crippen molar-refractivity contribution in [2.45, 2.75) is 54.6 Å². The molecular weight excluding hydrogens is 828 g/mol. The van der Waals surface area contributed by atoms with Gasteiger partial charge in [0.25, 0.3) is 0 Å². The monoisotopic (exact) mass is 864 g/mol. The van der Waals surface area contributed by atoms with Crippen molar-refractivity contribution < 1.29 is 90.4 Å². The van der Waals surface area contributed by atoms with E-state index in [4.69, 9.17) is 18.9 Å². The lowest BCUT2D eigenvalue weighted by Crippen LogP contribution is -2.57. The number of ether oxygens (including phenoxy) is 4. The normalized spacial score (nSPS) is 25.2. The highest BCUT2D eigenvalue weighted by Gasteiger charge is 2.61. The van der Waals surface area contributed by atoms with E-state index in [0.717, 1.165) is 60.7 Å². The number of benzene rings is 6. The molecule has 6 aromatic rings. The summed E-state index contributed by atoms with van der Waals surface area (Å²) in [5.41, 5.74) is -0.583. The summed E-state index contributed by atoms with van der Waals surface area (Å²) in [6.07, 6.45) is -8.29. The van der Waals surface area contributed by atoms with Crippen molar-refractivity contribution in [1.29, 1.82) is 0 Å². The third-order valence-corrected chi connectivity index (χ3v) is 12.2. The van der Waals surface area contributed by atoms with Crippen LogP contribution >= 0.6 is 0 Å². The number of hydrogen-bond donors (Lipinski definition) is 14. The average Bonchev–Trinajstić information content (AvgIpc) is 3.22. The molecule has 0 fully saturated rings. The summed E-state index contributed by atoms with van der Waals surface area (Å²) >= 11 is 0. The Labute approximate surface area is 354 Å². The van der Waals surface area contributed by atoms with Gasteiger partial charge in [-0.25, -0.2) is 0 Å². The zero-order valence-electron chi connectivity index (χ0n) is 32.1. The van der Waals surface area contributed by atoms with Gasteiger partial charge in [0.05, 0.1) is 17.9 Å². The average molecular weight is 865 g/mol. The molecule has 4 heterocycles.